The highest BCUT2D eigenvalue weighted by atomic mass is 19.1. The standard InChI is InChI=1S/C19H26FN3O2/c1-23(16-5-2-13(12-24)3-6-16)19(25)21-9-8-14-11-22-18-10-15(20)4-7-17(14)18/h4,7,10-11,13,16,22,24H,2-3,5-6,8-9,12H2,1H3,(H,21,25). The summed E-state index contributed by atoms with van der Waals surface area (Å²) in [6, 6.07) is 4.89. The van der Waals surface area contributed by atoms with Gasteiger partial charge in [0.25, 0.3) is 0 Å². The fraction of sp³-hybridized carbons (Fsp3) is 0.526. The van der Waals surface area contributed by atoms with E-state index in [0.29, 0.717) is 18.9 Å². The summed E-state index contributed by atoms with van der Waals surface area (Å²) < 4.78 is 13.2. The number of carbonyl (C=O) groups excluding carboxylic acids is 1. The zero-order chi connectivity index (χ0) is 17.8. The average molecular weight is 347 g/mol. The van der Waals surface area contributed by atoms with Gasteiger partial charge in [-0.1, -0.05) is 0 Å². The number of carbonyl (C=O) groups is 1. The largest absolute Gasteiger partial charge is 0.396 e. The Morgan fingerprint density at radius 2 is 2.12 bits per heavy atom. The first-order valence-electron chi connectivity index (χ1n) is 8.95. The fourth-order valence-electron chi connectivity index (χ4n) is 3.67. The highest BCUT2D eigenvalue weighted by molar-refractivity contribution is 5.83. The van der Waals surface area contributed by atoms with Crippen molar-refractivity contribution in [2.45, 2.75) is 38.1 Å². The molecule has 136 valence electrons. The van der Waals surface area contributed by atoms with Crippen LogP contribution in [0.25, 0.3) is 10.9 Å². The van der Waals surface area contributed by atoms with Crippen molar-refractivity contribution >= 4 is 16.9 Å². The Hall–Kier alpha value is -2.08. The number of nitrogens with one attached hydrogen (secondary N) is 2. The minimum atomic E-state index is -0.258. The van der Waals surface area contributed by atoms with Crippen molar-refractivity contribution in [2.75, 3.05) is 20.2 Å². The van der Waals surface area contributed by atoms with Crippen LogP contribution in [0.3, 0.4) is 0 Å². The lowest BCUT2D eigenvalue weighted by Gasteiger charge is -2.34. The quantitative estimate of drug-likeness (QED) is 0.778. The minimum Gasteiger partial charge on any atom is -0.396 e. The van der Waals surface area contributed by atoms with E-state index in [4.69, 9.17) is 0 Å². The van der Waals surface area contributed by atoms with Gasteiger partial charge in [-0.3, -0.25) is 0 Å². The van der Waals surface area contributed by atoms with E-state index in [9.17, 15) is 14.3 Å². The maximum atomic E-state index is 13.2. The maximum Gasteiger partial charge on any atom is 0.317 e. The molecule has 0 spiro atoms. The van der Waals surface area contributed by atoms with Crippen LogP contribution in [0.2, 0.25) is 0 Å². The summed E-state index contributed by atoms with van der Waals surface area (Å²) in [7, 11) is 1.84. The van der Waals surface area contributed by atoms with Crippen LogP contribution in [0.4, 0.5) is 9.18 Å². The predicted molar refractivity (Wildman–Crippen MR) is 96.0 cm³/mol. The fourth-order valence-corrected chi connectivity index (χ4v) is 3.67. The van der Waals surface area contributed by atoms with Gasteiger partial charge in [-0.2, -0.15) is 0 Å². The molecule has 1 aliphatic carbocycles. The van der Waals surface area contributed by atoms with Gasteiger partial charge in [-0.25, -0.2) is 9.18 Å². The van der Waals surface area contributed by atoms with Gasteiger partial charge in [-0.05, 0) is 61.8 Å². The van der Waals surface area contributed by atoms with Crippen LogP contribution in [-0.2, 0) is 6.42 Å². The minimum absolute atomic E-state index is 0.0571. The van der Waals surface area contributed by atoms with E-state index < -0.39 is 0 Å². The van der Waals surface area contributed by atoms with Crippen molar-refractivity contribution in [1.29, 1.82) is 0 Å². The third-order valence-corrected chi connectivity index (χ3v) is 5.34. The topological polar surface area (TPSA) is 68.4 Å². The molecule has 0 atom stereocenters. The van der Waals surface area contributed by atoms with Gasteiger partial charge in [0.15, 0.2) is 0 Å². The molecule has 1 aromatic carbocycles. The molecule has 1 heterocycles. The van der Waals surface area contributed by atoms with Crippen molar-refractivity contribution in [1.82, 2.24) is 15.2 Å². The van der Waals surface area contributed by atoms with E-state index in [1.54, 1.807) is 11.0 Å². The molecule has 5 nitrogen and oxygen atoms in total. The lowest BCUT2D eigenvalue weighted by Crippen LogP contribution is -2.45. The number of fused-ring (bicyclic) bond motifs is 1. The van der Waals surface area contributed by atoms with E-state index in [1.165, 1.54) is 12.1 Å². The monoisotopic (exact) mass is 347 g/mol. The van der Waals surface area contributed by atoms with Crippen LogP contribution >= 0.6 is 0 Å². The van der Waals surface area contributed by atoms with Gasteiger partial charge in [0.2, 0.25) is 0 Å². The molecule has 0 aliphatic heterocycles. The summed E-state index contributed by atoms with van der Waals surface area (Å²) in [6.07, 6.45) is 6.42. The van der Waals surface area contributed by atoms with Gasteiger partial charge in [0.05, 0.1) is 0 Å². The van der Waals surface area contributed by atoms with E-state index in [-0.39, 0.29) is 24.5 Å². The van der Waals surface area contributed by atoms with Gasteiger partial charge in [-0.15, -0.1) is 0 Å². The Kier molecular flexibility index (Phi) is 5.58. The zero-order valence-corrected chi connectivity index (χ0v) is 14.6. The number of benzene rings is 1. The number of amides is 2. The molecule has 1 saturated carbocycles. The molecule has 1 aliphatic rings. The number of nitrogens with zero attached hydrogens (tertiary/aromatic N) is 1. The first-order valence-corrected chi connectivity index (χ1v) is 8.95. The molecule has 3 N–H and O–H groups in total. The number of hydrogen-bond acceptors (Lipinski definition) is 2. The van der Waals surface area contributed by atoms with E-state index in [2.05, 4.69) is 10.3 Å². The molecule has 2 amide bonds. The highest BCUT2D eigenvalue weighted by Crippen LogP contribution is 2.26. The zero-order valence-electron chi connectivity index (χ0n) is 14.6. The number of halogens is 1. The number of aromatic nitrogens is 1. The number of aliphatic hydroxyl groups is 1. The lowest BCUT2D eigenvalue weighted by atomic mass is 9.86. The summed E-state index contributed by atoms with van der Waals surface area (Å²) in [5, 5.41) is 13.2. The molecule has 1 aromatic heterocycles. The summed E-state index contributed by atoms with van der Waals surface area (Å²) in [5.41, 5.74) is 1.85. The molecule has 2 aromatic rings. The van der Waals surface area contributed by atoms with E-state index >= 15 is 0 Å². The predicted octanol–water partition coefficient (Wildman–Crippen LogP) is 3.04. The number of hydrogen-bond donors (Lipinski definition) is 3. The summed E-state index contributed by atoms with van der Waals surface area (Å²) in [4.78, 5) is 17.2. The van der Waals surface area contributed by atoms with Gasteiger partial charge in [0, 0.05) is 43.3 Å². The third kappa shape index (κ3) is 4.12. The summed E-state index contributed by atoms with van der Waals surface area (Å²) in [6.45, 7) is 0.788. The molecule has 25 heavy (non-hydrogen) atoms. The number of aliphatic hydroxyl groups excluding tert-OH is 1. The van der Waals surface area contributed by atoms with Crippen molar-refractivity contribution in [3.8, 4) is 0 Å². The Labute approximate surface area is 147 Å². The third-order valence-electron chi connectivity index (χ3n) is 5.34. The van der Waals surface area contributed by atoms with E-state index in [1.807, 2.05) is 13.2 Å². The molecular formula is C19H26FN3O2. The van der Waals surface area contributed by atoms with Crippen LogP contribution in [0.5, 0.6) is 0 Å². The lowest BCUT2D eigenvalue weighted by molar-refractivity contribution is 0.134. The second-order valence-corrected chi connectivity index (χ2v) is 6.95. The Balaban J connectivity index is 1.48. The maximum absolute atomic E-state index is 13.2. The van der Waals surface area contributed by atoms with Crippen LogP contribution < -0.4 is 5.32 Å². The van der Waals surface area contributed by atoms with Crippen LogP contribution in [0.15, 0.2) is 24.4 Å². The van der Waals surface area contributed by atoms with Gasteiger partial charge in [0.1, 0.15) is 5.82 Å². The molecule has 0 unspecified atom stereocenters. The number of rotatable bonds is 5. The number of aromatic amines is 1. The summed E-state index contributed by atoms with van der Waals surface area (Å²) >= 11 is 0. The molecule has 0 saturated heterocycles. The van der Waals surface area contributed by atoms with Gasteiger partial charge >= 0.3 is 6.03 Å². The van der Waals surface area contributed by atoms with Gasteiger partial charge < -0.3 is 20.3 Å². The Morgan fingerprint density at radius 3 is 2.84 bits per heavy atom. The van der Waals surface area contributed by atoms with Crippen LogP contribution in [0.1, 0.15) is 31.2 Å². The molecule has 1 fully saturated rings. The van der Waals surface area contributed by atoms with Crippen LogP contribution in [-0.4, -0.2) is 47.3 Å². The second-order valence-electron chi connectivity index (χ2n) is 6.95. The average Bonchev–Trinajstić information content (AvgIpc) is 3.03. The summed E-state index contributed by atoms with van der Waals surface area (Å²) in [5.74, 6) is 0.131. The molecular weight excluding hydrogens is 321 g/mol. The Morgan fingerprint density at radius 1 is 1.36 bits per heavy atom. The molecule has 3 rings (SSSR count). The molecule has 0 bridgehead atoms. The smallest absolute Gasteiger partial charge is 0.317 e. The first kappa shape index (κ1) is 17.7. The highest BCUT2D eigenvalue weighted by Gasteiger charge is 2.26. The van der Waals surface area contributed by atoms with Crippen molar-refractivity contribution in [3.05, 3.63) is 35.8 Å². The van der Waals surface area contributed by atoms with Crippen molar-refractivity contribution in [3.63, 3.8) is 0 Å². The Bertz CT molecular complexity index is 723. The molecule has 6 heteroatoms. The second kappa shape index (κ2) is 7.87. The van der Waals surface area contributed by atoms with Crippen molar-refractivity contribution in [2.24, 2.45) is 5.92 Å². The van der Waals surface area contributed by atoms with Crippen LogP contribution in [0, 0.1) is 11.7 Å². The number of H-pyrrole nitrogens is 1. The van der Waals surface area contributed by atoms with E-state index in [0.717, 1.165) is 42.1 Å². The molecule has 0 radical (unpaired) electrons. The van der Waals surface area contributed by atoms with Crippen molar-refractivity contribution < 1.29 is 14.3 Å². The normalized spacial score (nSPS) is 20.6. The SMILES string of the molecule is CN(C(=O)NCCc1c[nH]c2cc(F)ccc12)C1CCC(CO)CC1. The first-order chi connectivity index (χ1) is 12.1. The number of urea groups is 1.